The monoisotopic (exact) mass is 350 g/mol. The topological polar surface area (TPSA) is 94.1 Å². The van der Waals surface area contributed by atoms with Crippen molar-refractivity contribution in [1.82, 2.24) is 4.98 Å². The van der Waals surface area contributed by atoms with E-state index in [1.54, 1.807) is 0 Å². The molecule has 0 spiro atoms. The summed E-state index contributed by atoms with van der Waals surface area (Å²) in [6.45, 7) is 2.94. The molecule has 0 saturated carbocycles. The SMILES string of the molecule is CCCCCCCCCCCCCCNc1nc(N)ccc1[N+](=O)[O-]. The molecule has 6 heteroatoms. The molecule has 1 aromatic heterocycles. The molecule has 0 radical (unpaired) electrons. The molecule has 0 aliphatic heterocycles. The maximum Gasteiger partial charge on any atom is 0.311 e. The standard InChI is InChI=1S/C19H34N4O2/c1-2-3-4-5-6-7-8-9-10-11-12-13-16-21-19-17(23(24)25)14-15-18(20)22-19/h14-15H,2-13,16H2,1H3,(H3,20,21,22). The molecule has 1 heterocycles. The van der Waals surface area contributed by atoms with E-state index in [0.717, 1.165) is 12.8 Å². The van der Waals surface area contributed by atoms with Crippen molar-refractivity contribution in [1.29, 1.82) is 0 Å². The minimum absolute atomic E-state index is 0.0202. The van der Waals surface area contributed by atoms with E-state index in [9.17, 15) is 10.1 Å². The molecule has 0 fully saturated rings. The van der Waals surface area contributed by atoms with Crippen molar-refractivity contribution >= 4 is 17.3 Å². The summed E-state index contributed by atoms with van der Waals surface area (Å²) in [5.41, 5.74) is 5.58. The van der Waals surface area contributed by atoms with Crippen LogP contribution in [0.25, 0.3) is 0 Å². The number of nitrogen functional groups attached to an aromatic ring is 1. The molecule has 0 amide bonds. The Kier molecular flexibility index (Phi) is 11.4. The molecule has 0 unspecified atom stereocenters. The number of nitrogens with zero attached hydrogens (tertiary/aromatic N) is 2. The highest BCUT2D eigenvalue weighted by atomic mass is 16.6. The van der Waals surface area contributed by atoms with E-state index >= 15 is 0 Å². The predicted octanol–water partition coefficient (Wildman–Crippen LogP) is 5.69. The number of nitrogens with one attached hydrogen (secondary N) is 1. The molecule has 25 heavy (non-hydrogen) atoms. The summed E-state index contributed by atoms with van der Waals surface area (Å²) in [6, 6.07) is 2.85. The number of nitrogens with two attached hydrogens (primary N) is 1. The predicted molar refractivity (Wildman–Crippen MR) is 105 cm³/mol. The fraction of sp³-hybridized carbons (Fsp3) is 0.737. The van der Waals surface area contributed by atoms with Crippen LogP contribution in [0.15, 0.2) is 12.1 Å². The summed E-state index contributed by atoms with van der Waals surface area (Å²) in [7, 11) is 0. The highest BCUT2D eigenvalue weighted by Gasteiger charge is 2.14. The van der Waals surface area contributed by atoms with Crippen LogP contribution in [-0.2, 0) is 0 Å². The van der Waals surface area contributed by atoms with Crippen molar-refractivity contribution in [2.75, 3.05) is 17.6 Å². The smallest absolute Gasteiger partial charge is 0.311 e. The van der Waals surface area contributed by atoms with E-state index in [0.29, 0.717) is 12.4 Å². The minimum Gasteiger partial charge on any atom is -0.384 e. The number of anilines is 2. The van der Waals surface area contributed by atoms with Crippen molar-refractivity contribution in [2.24, 2.45) is 0 Å². The fourth-order valence-corrected chi connectivity index (χ4v) is 2.92. The molecule has 3 N–H and O–H groups in total. The zero-order chi connectivity index (χ0) is 18.3. The summed E-state index contributed by atoms with van der Waals surface area (Å²) >= 11 is 0. The number of aromatic nitrogens is 1. The lowest BCUT2D eigenvalue weighted by atomic mass is 10.1. The lowest BCUT2D eigenvalue weighted by Gasteiger charge is -2.07. The van der Waals surface area contributed by atoms with E-state index in [1.807, 2.05) is 0 Å². The quantitative estimate of drug-likeness (QED) is 0.241. The average molecular weight is 351 g/mol. The molecule has 142 valence electrons. The van der Waals surface area contributed by atoms with Crippen LogP contribution < -0.4 is 11.1 Å². The third-order valence-electron chi connectivity index (χ3n) is 4.41. The van der Waals surface area contributed by atoms with Crippen molar-refractivity contribution in [2.45, 2.75) is 84.0 Å². The van der Waals surface area contributed by atoms with Gasteiger partial charge in [-0.3, -0.25) is 10.1 Å². The van der Waals surface area contributed by atoms with E-state index in [4.69, 9.17) is 5.73 Å². The number of hydrogen-bond donors (Lipinski definition) is 2. The molecular formula is C19H34N4O2. The third kappa shape index (κ3) is 9.89. The Morgan fingerprint density at radius 2 is 1.48 bits per heavy atom. The van der Waals surface area contributed by atoms with Crippen LogP contribution >= 0.6 is 0 Å². The van der Waals surface area contributed by atoms with Crippen molar-refractivity contribution in [3.8, 4) is 0 Å². The first-order valence-corrected chi connectivity index (χ1v) is 9.80. The van der Waals surface area contributed by atoms with Gasteiger partial charge in [-0.1, -0.05) is 77.6 Å². The van der Waals surface area contributed by atoms with Gasteiger partial charge in [0.2, 0.25) is 5.82 Å². The zero-order valence-corrected chi connectivity index (χ0v) is 15.6. The normalized spacial score (nSPS) is 10.8. The Morgan fingerprint density at radius 3 is 2.00 bits per heavy atom. The van der Waals surface area contributed by atoms with Crippen LogP contribution in [0.4, 0.5) is 17.3 Å². The molecule has 1 aromatic rings. The second kappa shape index (κ2) is 13.4. The van der Waals surface area contributed by atoms with Gasteiger partial charge in [0, 0.05) is 12.6 Å². The molecule has 1 rings (SSSR count). The Morgan fingerprint density at radius 1 is 0.960 bits per heavy atom. The highest BCUT2D eigenvalue weighted by molar-refractivity contribution is 5.59. The van der Waals surface area contributed by atoms with Crippen LogP contribution in [-0.4, -0.2) is 16.5 Å². The summed E-state index contributed by atoms with van der Waals surface area (Å²) in [4.78, 5) is 14.5. The Hall–Kier alpha value is -1.85. The maximum absolute atomic E-state index is 11.0. The van der Waals surface area contributed by atoms with Gasteiger partial charge < -0.3 is 11.1 Å². The summed E-state index contributed by atoms with van der Waals surface area (Å²) in [5.74, 6) is 0.566. The number of pyridine rings is 1. The summed E-state index contributed by atoms with van der Waals surface area (Å²) in [6.07, 6.45) is 15.5. The fourth-order valence-electron chi connectivity index (χ4n) is 2.92. The number of hydrogen-bond acceptors (Lipinski definition) is 5. The average Bonchev–Trinajstić information content (AvgIpc) is 2.58. The maximum atomic E-state index is 11.0. The van der Waals surface area contributed by atoms with Gasteiger partial charge in [0.05, 0.1) is 4.92 Å². The number of unbranched alkanes of at least 4 members (excludes halogenated alkanes) is 11. The second-order valence-electron chi connectivity index (χ2n) is 6.68. The first kappa shape index (κ1) is 21.2. The lowest BCUT2D eigenvalue weighted by Crippen LogP contribution is -2.07. The van der Waals surface area contributed by atoms with Crippen molar-refractivity contribution < 1.29 is 4.92 Å². The first-order chi connectivity index (χ1) is 12.1. The Bertz CT molecular complexity index is 494. The molecule has 0 atom stereocenters. The second-order valence-corrected chi connectivity index (χ2v) is 6.68. The molecular weight excluding hydrogens is 316 g/mol. The largest absolute Gasteiger partial charge is 0.384 e. The van der Waals surface area contributed by atoms with E-state index in [1.165, 1.54) is 76.3 Å². The summed E-state index contributed by atoms with van der Waals surface area (Å²) < 4.78 is 0. The van der Waals surface area contributed by atoms with E-state index in [2.05, 4.69) is 17.2 Å². The van der Waals surface area contributed by atoms with Gasteiger partial charge in [-0.15, -0.1) is 0 Å². The van der Waals surface area contributed by atoms with Gasteiger partial charge in [-0.05, 0) is 12.5 Å². The Labute approximate surface area is 151 Å². The molecule has 0 aliphatic carbocycles. The molecule has 0 bridgehead atoms. The van der Waals surface area contributed by atoms with Gasteiger partial charge in [-0.25, -0.2) is 4.98 Å². The molecule has 6 nitrogen and oxygen atoms in total. The van der Waals surface area contributed by atoms with Gasteiger partial charge >= 0.3 is 5.69 Å². The minimum atomic E-state index is -0.434. The van der Waals surface area contributed by atoms with Gasteiger partial charge in [-0.2, -0.15) is 0 Å². The molecule has 0 aliphatic rings. The van der Waals surface area contributed by atoms with Gasteiger partial charge in [0.1, 0.15) is 5.82 Å². The summed E-state index contributed by atoms with van der Waals surface area (Å²) in [5, 5.41) is 14.0. The van der Waals surface area contributed by atoms with Crippen LogP contribution in [0, 0.1) is 10.1 Å². The highest BCUT2D eigenvalue weighted by Crippen LogP contribution is 2.22. The van der Waals surface area contributed by atoms with Crippen molar-refractivity contribution in [3.05, 3.63) is 22.2 Å². The number of nitro groups is 1. The lowest BCUT2D eigenvalue weighted by molar-refractivity contribution is -0.384. The van der Waals surface area contributed by atoms with Crippen LogP contribution in [0.5, 0.6) is 0 Å². The van der Waals surface area contributed by atoms with Crippen molar-refractivity contribution in [3.63, 3.8) is 0 Å². The van der Waals surface area contributed by atoms with Crippen LogP contribution in [0.3, 0.4) is 0 Å². The Balaban J connectivity index is 2.01. The molecule has 0 saturated heterocycles. The molecule has 0 aromatic carbocycles. The number of rotatable bonds is 15. The van der Waals surface area contributed by atoms with E-state index in [-0.39, 0.29) is 11.5 Å². The van der Waals surface area contributed by atoms with E-state index < -0.39 is 4.92 Å². The third-order valence-corrected chi connectivity index (χ3v) is 4.41. The van der Waals surface area contributed by atoms with Gasteiger partial charge in [0.15, 0.2) is 0 Å². The van der Waals surface area contributed by atoms with Crippen LogP contribution in [0.1, 0.15) is 84.0 Å². The first-order valence-electron chi connectivity index (χ1n) is 9.80. The zero-order valence-electron chi connectivity index (χ0n) is 15.6. The van der Waals surface area contributed by atoms with Crippen LogP contribution in [0.2, 0.25) is 0 Å². The van der Waals surface area contributed by atoms with Gasteiger partial charge in [0.25, 0.3) is 0 Å².